The van der Waals surface area contributed by atoms with Crippen LogP contribution in [0.3, 0.4) is 0 Å². The maximum absolute atomic E-state index is 12.5. The fourth-order valence-electron chi connectivity index (χ4n) is 2.60. The summed E-state index contributed by atoms with van der Waals surface area (Å²) in [6, 6.07) is 10.8. The van der Waals surface area contributed by atoms with Crippen LogP contribution in [0, 0.1) is 0 Å². The Morgan fingerprint density at radius 1 is 1.08 bits per heavy atom. The lowest BCUT2D eigenvalue weighted by molar-refractivity contribution is 0.104. The number of allylic oxidation sites excluding steroid dienone is 2. The summed E-state index contributed by atoms with van der Waals surface area (Å²) in [5, 5.41) is 0. The minimum absolute atomic E-state index is 0.0839. The minimum Gasteiger partial charge on any atom is -0.497 e. The van der Waals surface area contributed by atoms with Gasteiger partial charge in [0.25, 0.3) is 0 Å². The van der Waals surface area contributed by atoms with Gasteiger partial charge < -0.3 is 14.2 Å². The molecule has 0 atom stereocenters. The number of ether oxygens (including phenoxy) is 3. The van der Waals surface area contributed by atoms with Crippen LogP contribution < -0.4 is 14.2 Å². The third-order valence-electron chi connectivity index (χ3n) is 3.89. The average molecular weight is 352 g/mol. The first-order valence-corrected chi connectivity index (χ1v) is 8.44. The molecule has 0 fully saturated rings. The highest BCUT2D eigenvalue weighted by atomic mass is 16.5. The van der Waals surface area contributed by atoms with Gasteiger partial charge in [-0.3, -0.25) is 4.79 Å². The Balaban J connectivity index is 2.30. The molecule has 4 heteroatoms. The highest BCUT2D eigenvalue weighted by Crippen LogP contribution is 2.30. The Bertz CT molecular complexity index is 789. The second-order valence-corrected chi connectivity index (χ2v) is 5.55. The molecule has 0 unspecified atom stereocenters. The van der Waals surface area contributed by atoms with Gasteiger partial charge in [-0.15, -0.1) is 6.58 Å². The van der Waals surface area contributed by atoms with E-state index in [2.05, 4.69) is 6.58 Å². The molecule has 26 heavy (non-hydrogen) atoms. The van der Waals surface area contributed by atoms with Crippen LogP contribution in [0.4, 0.5) is 0 Å². The van der Waals surface area contributed by atoms with Crippen LogP contribution in [0.5, 0.6) is 17.2 Å². The summed E-state index contributed by atoms with van der Waals surface area (Å²) >= 11 is 0. The molecule has 0 N–H and O–H groups in total. The van der Waals surface area contributed by atoms with Gasteiger partial charge in [0, 0.05) is 17.2 Å². The molecule has 0 radical (unpaired) electrons. The maximum Gasteiger partial charge on any atom is 0.185 e. The summed E-state index contributed by atoms with van der Waals surface area (Å²) in [5.74, 6) is 2.04. The van der Waals surface area contributed by atoms with Crippen LogP contribution in [0.15, 0.2) is 55.1 Å². The molecule has 0 saturated carbocycles. The van der Waals surface area contributed by atoms with E-state index in [-0.39, 0.29) is 5.78 Å². The minimum atomic E-state index is -0.0839. The van der Waals surface area contributed by atoms with Crippen molar-refractivity contribution >= 4 is 11.9 Å². The van der Waals surface area contributed by atoms with Crippen molar-refractivity contribution in [1.82, 2.24) is 0 Å². The monoisotopic (exact) mass is 352 g/mol. The number of methoxy groups -OCH3 is 2. The van der Waals surface area contributed by atoms with E-state index in [0.29, 0.717) is 30.1 Å². The third-order valence-corrected chi connectivity index (χ3v) is 3.89. The second kappa shape index (κ2) is 9.47. The van der Waals surface area contributed by atoms with Gasteiger partial charge in [0.05, 0.1) is 20.8 Å². The molecular formula is C22H24O4. The van der Waals surface area contributed by atoms with Crippen molar-refractivity contribution in [1.29, 1.82) is 0 Å². The van der Waals surface area contributed by atoms with E-state index in [0.717, 1.165) is 16.9 Å². The Hall–Kier alpha value is -3.01. The maximum atomic E-state index is 12.5. The van der Waals surface area contributed by atoms with Crippen molar-refractivity contribution in [2.24, 2.45) is 0 Å². The fraction of sp³-hybridized carbons (Fsp3) is 0.227. The van der Waals surface area contributed by atoms with E-state index in [1.54, 1.807) is 56.7 Å². The molecule has 0 aliphatic heterocycles. The van der Waals surface area contributed by atoms with Crippen LogP contribution in [0.1, 0.15) is 28.4 Å². The van der Waals surface area contributed by atoms with E-state index in [9.17, 15) is 4.79 Å². The Kier molecular flexibility index (Phi) is 7.03. The van der Waals surface area contributed by atoms with Crippen LogP contribution in [-0.2, 0) is 6.42 Å². The number of hydrogen-bond acceptors (Lipinski definition) is 4. The number of rotatable bonds is 9. The van der Waals surface area contributed by atoms with Crippen LogP contribution in [-0.4, -0.2) is 26.6 Å². The number of hydrogen-bond donors (Lipinski definition) is 0. The topological polar surface area (TPSA) is 44.8 Å². The predicted molar refractivity (Wildman–Crippen MR) is 104 cm³/mol. The normalized spacial score (nSPS) is 10.6. The van der Waals surface area contributed by atoms with Gasteiger partial charge in [-0.25, -0.2) is 0 Å². The highest BCUT2D eigenvalue weighted by molar-refractivity contribution is 6.07. The van der Waals surface area contributed by atoms with E-state index in [1.165, 1.54) is 0 Å². The van der Waals surface area contributed by atoms with Crippen molar-refractivity contribution in [3.05, 3.63) is 71.8 Å². The van der Waals surface area contributed by atoms with E-state index < -0.39 is 0 Å². The lowest BCUT2D eigenvalue weighted by Gasteiger charge is -2.13. The number of ketones is 1. The molecule has 0 aromatic heterocycles. The Morgan fingerprint density at radius 3 is 2.38 bits per heavy atom. The molecular weight excluding hydrogens is 328 g/mol. The summed E-state index contributed by atoms with van der Waals surface area (Å²) < 4.78 is 16.2. The second-order valence-electron chi connectivity index (χ2n) is 5.55. The lowest BCUT2D eigenvalue weighted by atomic mass is 10.0. The largest absolute Gasteiger partial charge is 0.497 e. The molecule has 0 aliphatic rings. The smallest absolute Gasteiger partial charge is 0.185 e. The summed E-state index contributed by atoms with van der Waals surface area (Å²) in [6.45, 7) is 6.31. The van der Waals surface area contributed by atoms with Gasteiger partial charge in [0.2, 0.25) is 0 Å². The van der Waals surface area contributed by atoms with Gasteiger partial charge in [-0.05, 0) is 55.3 Å². The van der Waals surface area contributed by atoms with Crippen molar-refractivity contribution in [2.75, 3.05) is 20.8 Å². The molecule has 136 valence electrons. The van der Waals surface area contributed by atoms with Gasteiger partial charge in [0.15, 0.2) is 5.78 Å². The SMILES string of the molecule is C=CCc1c(/C=C/C(=O)c2ccc(OCC)cc2)cc(OC)cc1OC. The Morgan fingerprint density at radius 2 is 1.81 bits per heavy atom. The first-order chi connectivity index (χ1) is 12.6. The van der Waals surface area contributed by atoms with E-state index >= 15 is 0 Å². The summed E-state index contributed by atoms with van der Waals surface area (Å²) in [5.41, 5.74) is 2.42. The van der Waals surface area contributed by atoms with E-state index in [1.807, 2.05) is 19.1 Å². The molecule has 2 aromatic rings. The number of carbonyl (C=O) groups is 1. The molecule has 0 amide bonds. The fourth-order valence-corrected chi connectivity index (χ4v) is 2.60. The molecule has 0 bridgehead atoms. The lowest BCUT2D eigenvalue weighted by Crippen LogP contribution is -1.98. The zero-order valence-corrected chi connectivity index (χ0v) is 15.5. The summed E-state index contributed by atoms with van der Waals surface area (Å²) in [7, 11) is 3.21. The molecule has 2 aromatic carbocycles. The predicted octanol–water partition coefficient (Wildman–Crippen LogP) is 4.73. The first-order valence-electron chi connectivity index (χ1n) is 8.44. The average Bonchev–Trinajstić information content (AvgIpc) is 2.67. The van der Waals surface area contributed by atoms with Crippen LogP contribution in [0.2, 0.25) is 0 Å². The number of carbonyl (C=O) groups excluding carboxylic acids is 1. The molecule has 0 spiro atoms. The van der Waals surface area contributed by atoms with Crippen molar-refractivity contribution < 1.29 is 19.0 Å². The zero-order valence-electron chi connectivity index (χ0n) is 15.5. The van der Waals surface area contributed by atoms with E-state index in [4.69, 9.17) is 14.2 Å². The molecule has 2 rings (SSSR count). The van der Waals surface area contributed by atoms with Crippen LogP contribution >= 0.6 is 0 Å². The quantitative estimate of drug-likeness (QED) is 0.372. The number of benzene rings is 2. The standard InChI is InChI=1S/C22H24O4/c1-5-7-20-17(14-19(24-3)15-22(20)25-4)10-13-21(23)16-8-11-18(12-9-16)26-6-2/h5,8-15H,1,6-7H2,2-4H3/b13-10+. The Labute approximate surface area is 154 Å². The first kappa shape index (κ1) is 19.3. The van der Waals surface area contributed by atoms with Crippen molar-refractivity contribution in [2.45, 2.75) is 13.3 Å². The third kappa shape index (κ3) is 4.76. The van der Waals surface area contributed by atoms with Crippen molar-refractivity contribution in [3.63, 3.8) is 0 Å². The molecule has 4 nitrogen and oxygen atoms in total. The van der Waals surface area contributed by atoms with Gasteiger partial charge in [-0.1, -0.05) is 12.2 Å². The van der Waals surface area contributed by atoms with Gasteiger partial charge in [-0.2, -0.15) is 0 Å². The van der Waals surface area contributed by atoms with Crippen molar-refractivity contribution in [3.8, 4) is 17.2 Å². The molecule has 0 heterocycles. The molecule has 0 saturated heterocycles. The molecule has 0 aliphatic carbocycles. The summed E-state index contributed by atoms with van der Waals surface area (Å²) in [4.78, 5) is 12.5. The van der Waals surface area contributed by atoms with Gasteiger partial charge >= 0.3 is 0 Å². The van der Waals surface area contributed by atoms with Gasteiger partial charge in [0.1, 0.15) is 17.2 Å². The van der Waals surface area contributed by atoms with Crippen LogP contribution in [0.25, 0.3) is 6.08 Å². The zero-order chi connectivity index (χ0) is 18.9. The summed E-state index contributed by atoms with van der Waals surface area (Å²) in [6.07, 6.45) is 5.76. The highest BCUT2D eigenvalue weighted by Gasteiger charge is 2.10.